The van der Waals surface area contributed by atoms with Gasteiger partial charge in [-0.25, -0.2) is 4.79 Å². The fraction of sp³-hybridized carbons (Fsp3) is 0.524. The highest BCUT2D eigenvalue weighted by molar-refractivity contribution is 5.94. The van der Waals surface area contributed by atoms with E-state index in [0.717, 1.165) is 5.56 Å². The molecule has 2 rings (SSSR count). The van der Waals surface area contributed by atoms with Crippen LogP contribution in [0, 0.1) is 5.41 Å². The van der Waals surface area contributed by atoms with Crippen molar-refractivity contribution in [1.82, 2.24) is 25.3 Å². The van der Waals surface area contributed by atoms with Crippen LogP contribution in [0.1, 0.15) is 54.3 Å². The molecule has 2 aromatic rings. The third-order valence-corrected chi connectivity index (χ3v) is 3.97. The Morgan fingerprint density at radius 3 is 2.00 bits per heavy atom. The average Bonchev–Trinajstić information content (AvgIpc) is 2.65. The number of hydrogen-bond donors (Lipinski definition) is 1. The second-order valence-electron chi connectivity index (χ2n) is 8.92. The summed E-state index contributed by atoms with van der Waals surface area (Å²) >= 11 is 0. The van der Waals surface area contributed by atoms with Crippen molar-refractivity contribution in [2.75, 3.05) is 11.9 Å². The topological polar surface area (TPSA) is 110 Å². The van der Waals surface area contributed by atoms with E-state index in [1.54, 1.807) is 24.3 Å². The molecule has 0 aliphatic rings. The summed E-state index contributed by atoms with van der Waals surface area (Å²) in [5, 5.41) is 19.2. The van der Waals surface area contributed by atoms with Crippen molar-refractivity contribution in [3.05, 3.63) is 30.1 Å². The summed E-state index contributed by atoms with van der Waals surface area (Å²) in [4.78, 5) is 25.8. The number of anilines is 1. The molecule has 1 aromatic heterocycles. The molecule has 9 heteroatoms. The van der Waals surface area contributed by atoms with Crippen LogP contribution in [0.3, 0.4) is 0 Å². The Morgan fingerprint density at radius 1 is 0.967 bits per heavy atom. The fourth-order valence-corrected chi connectivity index (χ4v) is 2.25. The van der Waals surface area contributed by atoms with Crippen molar-refractivity contribution in [1.29, 1.82) is 0 Å². The molecular formula is C21H30N6O3. The van der Waals surface area contributed by atoms with Crippen molar-refractivity contribution in [2.24, 2.45) is 5.41 Å². The third kappa shape index (κ3) is 6.75. The Bertz CT molecular complexity index is 868. The van der Waals surface area contributed by atoms with Gasteiger partial charge in [0.25, 0.3) is 0 Å². The molecule has 162 valence electrons. The van der Waals surface area contributed by atoms with Crippen molar-refractivity contribution < 1.29 is 14.3 Å². The molecule has 0 unspecified atom stereocenters. The van der Waals surface area contributed by atoms with E-state index < -0.39 is 17.1 Å². The van der Waals surface area contributed by atoms with E-state index in [9.17, 15) is 9.59 Å². The van der Waals surface area contributed by atoms with Gasteiger partial charge in [-0.3, -0.25) is 4.79 Å². The highest BCUT2D eigenvalue weighted by Gasteiger charge is 2.23. The molecule has 0 spiro atoms. The van der Waals surface area contributed by atoms with Gasteiger partial charge >= 0.3 is 6.09 Å². The van der Waals surface area contributed by atoms with Crippen molar-refractivity contribution in [2.45, 2.75) is 60.6 Å². The highest BCUT2D eigenvalue weighted by atomic mass is 16.6. The van der Waals surface area contributed by atoms with Gasteiger partial charge in [0.15, 0.2) is 5.82 Å². The van der Waals surface area contributed by atoms with Gasteiger partial charge in [0.05, 0.1) is 6.54 Å². The number of amides is 2. The summed E-state index contributed by atoms with van der Waals surface area (Å²) in [6.07, 6.45) is -0.439. The lowest BCUT2D eigenvalue weighted by Crippen LogP contribution is -2.36. The molecule has 0 saturated carbocycles. The Hall–Kier alpha value is -3.10. The molecule has 0 atom stereocenters. The number of nitrogens with one attached hydrogen (secondary N) is 1. The summed E-state index contributed by atoms with van der Waals surface area (Å²) in [6.45, 7) is 13.4. The van der Waals surface area contributed by atoms with Crippen LogP contribution in [0.4, 0.5) is 10.5 Å². The number of aromatic nitrogens is 4. The van der Waals surface area contributed by atoms with Crippen LogP contribution >= 0.6 is 0 Å². The predicted molar refractivity (Wildman–Crippen MR) is 113 cm³/mol. The summed E-state index contributed by atoms with van der Waals surface area (Å²) < 4.78 is 5.38. The van der Waals surface area contributed by atoms with Gasteiger partial charge < -0.3 is 15.0 Å². The first-order valence-corrected chi connectivity index (χ1v) is 9.85. The molecule has 9 nitrogen and oxygen atoms in total. The minimum Gasteiger partial charge on any atom is -0.444 e. The normalized spacial score (nSPS) is 11.7. The predicted octanol–water partition coefficient (Wildman–Crippen LogP) is 3.68. The standard InChI is InChI=1S/C21H30N6O3/c1-8-27(19(29)30-21(5,6)7)13-16-23-25-17(26-24-16)14-9-11-15(12-10-14)22-18(28)20(2,3)4/h9-12H,8,13H2,1-7H3,(H,22,28). The number of carbonyl (C=O) groups excluding carboxylic acids is 2. The van der Waals surface area contributed by atoms with E-state index in [1.165, 1.54) is 4.90 Å². The number of ether oxygens (including phenoxy) is 1. The number of rotatable bonds is 5. The zero-order valence-corrected chi connectivity index (χ0v) is 18.7. The van der Waals surface area contributed by atoms with Gasteiger partial charge in [-0.05, 0) is 52.0 Å². The van der Waals surface area contributed by atoms with Gasteiger partial charge in [-0.15, -0.1) is 20.4 Å². The maximum Gasteiger partial charge on any atom is 0.410 e. The van der Waals surface area contributed by atoms with E-state index >= 15 is 0 Å². The van der Waals surface area contributed by atoms with Crippen molar-refractivity contribution >= 4 is 17.7 Å². The molecule has 1 N–H and O–H groups in total. The number of carbonyl (C=O) groups is 2. The van der Waals surface area contributed by atoms with Crippen molar-refractivity contribution in [3.63, 3.8) is 0 Å². The first-order chi connectivity index (χ1) is 13.9. The quantitative estimate of drug-likeness (QED) is 0.794. The van der Waals surface area contributed by atoms with Gasteiger partial charge in [0.2, 0.25) is 11.7 Å². The van der Waals surface area contributed by atoms with Crippen LogP contribution in [0.2, 0.25) is 0 Å². The van der Waals surface area contributed by atoms with E-state index in [4.69, 9.17) is 4.74 Å². The Morgan fingerprint density at radius 2 is 1.53 bits per heavy atom. The second-order valence-corrected chi connectivity index (χ2v) is 8.92. The zero-order valence-electron chi connectivity index (χ0n) is 18.7. The fourth-order valence-electron chi connectivity index (χ4n) is 2.25. The first kappa shape index (κ1) is 23.2. The van der Waals surface area contributed by atoms with Crippen molar-refractivity contribution in [3.8, 4) is 11.4 Å². The molecule has 30 heavy (non-hydrogen) atoms. The Labute approximate surface area is 177 Å². The second kappa shape index (κ2) is 9.15. The summed E-state index contributed by atoms with van der Waals surface area (Å²) in [5.41, 5.74) is 0.350. The van der Waals surface area contributed by atoms with Crippen LogP contribution in [0.15, 0.2) is 24.3 Å². The molecule has 0 saturated heterocycles. The third-order valence-electron chi connectivity index (χ3n) is 3.97. The smallest absolute Gasteiger partial charge is 0.410 e. The van der Waals surface area contributed by atoms with Crippen LogP contribution in [-0.2, 0) is 16.1 Å². The minimum atomic E-state index is -0.579. The van der Waals surface area contributed by atoms with Crippen LogP contribution in [0.25, 0.3) is 11.4 Å². The summed E-state index contributed by atoms with van der Waals surface area (Å²) in [6, 6.07) is 7.13. The van der Waals surface area contributed by atoms with Crippen LogP contribution in [-0.4, -0.2) is 49.4 Å². The van der Waals surface area contributed by atoms with Gasteiger partial charge in [0.1, 0.15) is 5.60 Å². The lowest BCUT2D eigenvalue weighted by atomic mass is 9.95. The minimum absolute atomic E-state index is 0.0651. The molecule has 1 aromatic carbocycles. The Balaban J connectivity index is 2.04. The number of hydrogen-bond acceptors (Lipinski definition) is 7. The van der Waals surface area contributed by atoms with Gasteiger partial charge in [-0.1, -0.05) is 20.8 Å². The van der Waals surface area contributed by atoms with E-state index in [-0.39, 0.29) is 12.5 Å². The summed E-state index contributed by atoms with van der Waals surface area (Å²) in [7, 11) is 0. The van der Waals surface area contributed by atoms with E-state index in [2.05, 4.69) is 25.7 Å². The number of benzene rings is 1. The monoisotopic (exact) mass is 414 g/mol. The molecule has 0 fully saturated rings. The SMILES string of the molecule is CCN(Cc1nnc(-c2ccc(NC(=O)C(C)(C)C)cc2)nn1)C(=O)OC(C)(C)C. The van der Waals surface area contributed by atoms with Gasteiger partial charge in [0, 0.05) is 23.2 Å². The molecule has 0 bridgehead atoms. The lowest BCUT2D eigenvalue weighted by molar-refractivity contribution is -0.123. The molecule has 0 aliphatic carbocycles. The van der Waals surface area contributed by atoms with Gasteiger partial charge in [-0.2, -0.15) is 0 Å². The molecule has 0 aliphatic heterocycles. The lowest BCUT2D eigenvalue weighted by Gasteiger charge is -2.25. The van der Waals surface area contributed by atoms with Crippen LogP contribution in [0.5, 0.6) is 0 Å². The molecule has 1 heterocycles. The zero-order chi connectivity index (χ0) is 22.5. The van der Waals surface area contributed by atoms with E-state index in [1.807, 2.05) is 48.5 Å². The number of nitrogens with zero attached hydrogens (tertiary/aromatic N) is 5. The average molecular weight is 415 g/mol. The van der Waals surface area contributed by atoms with Crippen LogP contribution < -0.4 is 5.32 Å². The van der Waals surface area contributed by atoms with E-state index in [0.29, 0.717) is 23.9 Å². The largest absolute Gasteiger partial charge is 0.444 e. The maximum absolute atomic E-state index is 12.2. The molecule has 0 radical (unpaired) electrons. The first-order valence-electron chi connectivity index (χ1n) is 9.85. The molecule has 2 amide bonds. The maximum atomic E-state index is 12.2. The molecular weight excluding hydrogens is 384 g/mol. The highest BCUT2D eigenvalue weighted by Crippen LogP contribution is 2.20. The Kier molecular flexibility index (Phi) is 7.07. The summed E-state index contributed by atoms with van der Waals surface area (Å²) in [5.74, 6) is 0.609.